The zero-order valence-corrected chi connectivity index (χ0v) is 15.9. The lowest BCUT2D eigenvalue weighted by Crippen LogP contribution is -2.36. The fourth-order valence-electron chi connectivity index (χ4n) is 3.69. The summed E-state index contributed by atoms with van der Waals surface area (Å²) in [7, 11) is 0. The van der Waals surface area contributed by atoms with Crippen molar-refractivity contribution in [2.75, 3.05) is 13.1 Å². The number of nitrogens with one attached hydrogen (secondary N) is 3. The summed E-state index contributed by atoms with van der Waals surface area (Å²) >= 11 is 0. The van der Waals surface area contributed by atoms with Crippen molar-refractivity contribution in [2.24, 2.45) is 0 Å². The standard InChI is InChI=1S/C23H21N5O/c29-23(26-18-9-10-24-14-18)20-8-4-7-19(27-20)17-11-16-12-21(28-22(16)25-13-17)15-5-2-1-3-6-15/h1-8,11-13,18,24H,9-10,14H2,(H,25,28)(H,26,29). The summed E-state index contributed by atoms with van der Waals surface area (Å²) in [5.74, 6) is -0.136. The number of aromatic nitrogens is 3. The van der Waals surface area contributed by atoms with Gasteiger partial charge in [0.05, 0.1) is 5.69 Å². The van der Waals surface area contributed by atoms with Crippen molar-refractivity contribution in [1.82, 2.24) is 25.6 Å². The predicted octanol–water partition coefficient (Wildman–Crippen LogP) is 3.38. The van der Waals surface area contributed by atoms with Gasteiger partial charge in [-0.1, -0.05) is 36.4 Å². The molecule has 4 heterocycles. The van der Waals surface area contributed by atoms with Crippen molar-refractivity contribution in [2.45, 2.75) is 12.5 Å². The highest BCUT2D eigenvalue weighted by Gasteiger charge is 2.18. The van der Waals surface area contributed by atoms with Gasteiger partial charge in [-0.05, 0) is 42.8 Å². The summed E-state index contributed by atoms with van der Waals surface area (Å²) in [6.45, 7) is 1.75. The Hall–Kier alpha value is -3.51. The van der Waals surface area contributed by atoms with Gasteiger partial charge in [0.25, 0.3) is 5.91 Å². The van der Waals surface area contributed by atoms with E-state index in [-0.39, 0.29) is 11.9 Å². The largest absolute Gasteiger partial charge is 0.347 e. The second-order valence-electron chi connectivity index (χ2n) is 7.28. The van der Waals surface area contributed by atoms with E-state index >= 15 is 0 Å². The van der Waals surface area contributed by atoms with Crippen LogP contribution in [0, 0.1) is 0 Å². The number of benzene rings is 1. The van der Waals surface area contributed by atoms with Crippen molar-refractivity contribution in [3.8, 4) is 22.5 Å². The zero-order valence-electron chi connectivity index (χ0n) is 15.9. The van der Waals surface area contributed by atoms with Crippen LogP contribution in [0.25, 0.3) is 33.5 Å². The first-order chi connectivity index (χ1) is 14.3. The van der Waals surface area contributed by atoms with E-state index in [1.54, 1.807) is 12.3 Å². The third kappa shape index (κ3) is 3.62. The lowest BCUT2D eigenvalue weighted by Gasteiger charge is -2.11. The number of hydrogen-bond donors (Lipinski definition) is 3. The molecule has 144 valence electrons. The molecule has 1 atom stereocenters. The molecular formula is C23H21N5O. The Bertz CT molecular complexity index is 1160. The molecule has 0 aliphatic carbocycles. The van der Waals surface area contributed by atoms with E-state index in [9.17, 15) is 4.79 Å². The van der Waals surface area contributed by atoms with Crippen molar-refractivity contribution in [3.63, 3.8) is 0 Å². The number of aromatic amines is 1. The van der Waals surface area contributed by atoms with Gasteiger partial charge in [-0.2, -0.15) is 0 Å². The van der Waals surface area contributed by atoms with Gasteiger partial charge in [-0.25, -0.2) is 9.97 Å². The molecule has 1 aliphatic heterocycles. The number of nitrogens with zero attached hydrogens (tertiary/aromatic N) is 2. The van der Waals surface area contributed by atoms with E-state index in [0.717, 1.165) is 53.1 Å². The molecule has 0 saturated carbocycles. The fourth-order valence-corrected chi connectivity index (χ4v) is 3.69. The predicted molar refractivity (Wildman–Crippen MR) is 114 cm³/mol. The second kappa shape index (κ2) is 7.48. The Morgan fingerprint density at radius 1 is 1.03 bits per heavy atom. The minimum Gasteiger partial charge on any atom is -0.347 e. The fraction of sp³-hybridized carbons (Fsp3) is 0.174. The minimum atomic E-state index is -0.136. The van der Waals surface area contributed by atoms with Crippen LogP contribution in [0.1, 0.15) is 16.9 Å². The molecule has 29 heavy (non-hydrogen) atoms. The van der Waals surface area contributed by atoms with E-state index in [4.69, 9.17) is 0 Å². The highest BCUT2D eigenvalue weighted by molar-refractivity contribution is 5.93. The molecule has 3 aromatic heterocycles. The van der Waals surface area contributed by atoms with Gasteiger partial charge in [0, 0.05) is 35.4 Å². The zero-order chi connectivity index (χ0) is 19.6. The van der Waals surface area contributed by atoms with E-state index in [0.29, 0.717) is 5.69 Å². The molecule has 1 aliphatic rings. The lowest BCUT2D eigenvalue weighted by atomic mass is 10.1. The molecular weight excluding hydrogens is 362 g/mol. The Morgan fingerprint density at radius 2 is 1.93 bits per heavy atom. The average Bonchev–Trinajstić information content (AvgIpc) is 3.43. The third-order valence-electron chi connectivity index (χ3n) is 5.23. The molecule has 1 amide bonds. The summed E-state index contributed by atoms with van der Waals surface area (Å²) in [5, 5.41) is 7.30. The smallest absolute Gasteiger partial charge is 0.270 e. The van der Waals surface area contributed by atoms with Crippen molar-refractivity contribution in [3.05, 3.63) is 72.6 Å². The normalized spacial score (nSPS) is 16.2. The van der Waals surface area contributed by atoms with Gasteiger partial charge < -0.3 is 15.6 Å². The van der Waals surface area contributed by atoms with Gasteiger partial charge in [-0.3, -0.25) is 4.79 Å². The summed E-state index contributed by atoms with van der Waals surface area (Å²) < 4.78 is 0. The number of carbonyl (C=O) groups excluding carboxylic acids is 1. The number of fused-ring (bicyclic) bond motifs is 1. The van der Waals surface area contributed by atoms with Crippen LogP contribution in [-0.2, 0) is 0 Å². The number of rotatable bonds is 4. The van der Waals surface area contributed by atoms with Crippen LogP contribution in [0.4, 0.5) is 0 Å². The molecule has 6 heteroatoms. The van der Waals surface area contributed by atoms with Gasteiger partial charge in [0.1, 0.15) is 11.3 Å². The Balaban J connectivity index is 1.43. The molecule has 1 aromatic carbocycles. The molecule has 6 nitrogen and oxygen atoms in total. The van der Waals surface area contributed by atoms with Gasteiger partial charge in [0.15, 0.2) is 0 Å². The van der Waals surface area contributed by atoms with Crippen molar-refractivity contribution < 1.29 is 4.79 Å². The summed E-state index contributed by atoms with van der Waals surface area (Å²) in [6, 6.07) is 20.0. The molecule has 0 spiro atoms. The number of carbonyl (C=O) groups is 1. The SMILES string of the molecule is O=C(NC1CCNC1)c1cccc(-c2cnc3[nH]c(-c4ccccc4)cc3c2)n1. The minimum absolute atomic E-state index is 0.136. The van der Waals surface area contributed by atoms with E-state index < -0.39 is 0 Å². The first-order valence-electron chi connectivity index (χ1n) is 9.79. The molecule has 3 N–H and O–H groups in total. The highest BCUT2D eigenvalue weighted by atomic mass is 16.1. The van der Waals surface area contributed by atoms with Crippen LogP contribution < -0.4 is 10.6 Å². The molecule has 0 bridgehead atoms. The first kappa shape index (κ1) is 17.6. The maximum absolute atomic E-state index is 12.5. The van der Waals surface area contributed by atoms with Crippen LogP contribution in [0.2, 0.25) is 0 Å². The monoisotopic (exact) mass is 383 g/mol. The Labute approximate surface area is 168 Å². The maximum Gasteiger partial charge on any atom is 0.270 e. The van der Waals surface area contributed by atoms with E-state index in [2.05, 4.69) is 49.9 Å². The van der Waals surface area contributed by atoms with Crippen LogP contribution >= 0.6 is 0 Å². The molecule has 0 radical (unpaired) electrons. The summed E-state index contributed by atoms with van der Waals surface area (Å²) in [4.78, 5) is 25.0. The first-order valence-corrected chi connectivity index (χ1v) is 9.79. The molecule has 4 aromatic rings. The van der Waals surface area contributed by atoms with Crippen LogP contribution in [0.3, 0.4) is 0 Å². The van der Waals surface area contributed by atoms with Gasteiger partial charge in [-0.15, -0.1) is 0 Å². The Morgan fingerprint density at radius 3 is 2.76 bits per heavy atom. The summed E-state index contributed by atoms with van der Waals surface area (Å²) in [6.07, 6.45) is 2.74. The molecule has 1 saturated heterocycles. The summed E-state index contributed by atoms with van der Waals surface area (Å²) in [5.41, 5.74) is 5.01. The maximum atomic E-state index is 12.5. The van der Waals surface area contributed by atoms with E-state index in [1.165, 1.54) is 0 Å². The quantitative estimate of drug-likeness (QED) is 0.505. The van der Waals surface area contributed by atoms with Gasteiger partial charge in [0.2, 0.25) is 0 Å². The Kier molecular flexibility index (Phi) is 4.54. The average molecular weight is 383 g/mol. The molecule has 1 unspecified atom stereocenters. The van der Waals surface area contributed by atoms with E-state index in [1.807, 2.05) is 30.3 Å². The number of amides is 1. The van der Waals surface area contributed by atoms with Gasteiger partial charge >= 0.3 is 0 Å². The number of H-pyrrole nitrogens is 1. The van der Waals surface area contributed by atoms with Crippen molar-refractivity contribution in [1.29, 1.82) is 0 Å². The van der Waals surface area contributed by atoms with Crippen molar-refractivity contribution >= 4 is 16.9 Å². The topological polar surface area (TPSA) is 82.7 Å². The highest BCUT2D eigenvalue weighted by Crippen LogP contribution is 2.26. The lowest BCUT2D eigenvalue weighted by molar-refractivity contribution is 0.0935. The molecule has 5 rings (SSSR count). The van der Waals surface area contributed by atoms with Crippen LogP contribution in [0.5, 0.6) is 0 Å². The van der Waals surface area contributed by atoms with Crippen LogP contribution in [0.15, 0.2) is 66.9 Å². The number of hydrogen-bond acceptors (Lipinski definition) is 4. The van der Waals surface area contributed by atoms with Crippen LogP contribution in [-0.4, -0.2) is 40.0 Å². The molecule has 1 fully saturated rings. The number of pyridine rings is 2. The second-order valence-corrected chi connectivity index (χ2v) is 7.28. The third-order valence-corrected chi connectivity index (χ3v) is 5.23.